The third-order valence-corrected chi connectivity index (χ3v) is 2.08. The number of rotatable bonds is 5. The first-order valence-electron chi connectivity index (χ1n) is 5.25. The van der Waals surface area contributed by atoms with Crippen molar-refractivity contribution in [3.63, 3.8) is 0 Å². The minimum absolute atomic E-state index is 0.0760. The Morgan fingerprint density at radius 1 is 1.50 bits per heavy atom. The van der Waals surface area contributed by atoms with Gasteiger partial charge in [0, 0.05) is 6.54 Å². The molecule has 0 aromatic heterocycles. The molecule has 0 saturated heterocycles. The van der Waals surface area contributed by atoms with Crippen LogP contribution in [0.4, 0.5) is 0 Å². The van der Waals surface area contributed by atoms with Crippen LogP contribution in [0.15, 0.2) is 12.7 Å². The van der Waals surface area contributed by atoms with Gasteiger partial charge in [-0.3, -0.25) is 4.79 Å². The van der Waals surface area contributed by atoms with Crippen molar-refractivity contribution in [3.05, 3.63) is 12.7 Å². The van der Waals surface area contributed by atoms with Crippen LogP contribution in [0, 0.1) is 11.3 Å². The van der Waals surface area contributed by atoms with Gasteiger partial charge in [-0.25, -0.2) is 0 Å². The van der Waals surface area contributed by atoms with Crippen LogP contribution in [0.2, 0.25) is 0 Å². The van der Waals surface area contributed by atoms with Gasteiger partial charge in [0.2, 0.25) is 5.91 Å². The highest BCUT2D eigenvalue weighted by molar-refractivity contribution is 5.86. The van der Waals surface area contributed by atoms with Crippen LogP contribution in [-0.4, -0.2) is 12.5 Å². The molecule has 1 N–H and O–H groups in total. The van der Waals surface area contributed by atoms with Crippen molar-refractivity contribution in [1.82, 2.24) is 5.32 Å². The summed E-state index contributed by atoms with van der Waals surface area (Å²) in [7, 11) is 0. The van der Waals surface area contributed by atoms with Crippen LogP contribution < -0.4 is 5.32 Å². The number of amides is 1. The molecule has 14 heavy (non-hydrogen) atoms. The Bertz CT molecular complexity index is 191. The third-order valence-electron chi connectivity index (χ3n) is 2.08. The Labute approximate surface area is 87.8 Å². The fraction of sp³-hybridized carbons (Fsp3) is 0.750. The summed E-state index contributed by atoms with van der Waals surface area (Å²) in [6, 6.07) is 0. The predicted molar refractivity (Wildman–Crippen MR) is 61.1 cm³/mol. The number of carbonyl (C=O) groups is 1. The molecular formula is C12H23NO. The Hall–Kier alpha value is -0.790. The third kappa shape index (κ3) is 7.84. The van der Waals surface area contributed by atoms with E-state index in [9.17, 15) is 4.79 Å². The van der Waals surface area contributed by atoms with E-state index in [1.54, 1.807) is 0 Å². The Balaban J connectivity index is 3.59. The molecule has 1 unspecified atom stereocenters. The number of hydrogen-bond donors (Lipinski definition) is 1. The van der Waals surface area contributed by atoms with Crippen molar-refractivity contribution in [1.29, 1.82) is 0 Å². The molecule has 0 aromatic rings. The maximum atomic E-state index is 10.8. The van der Waals surface area contributed by atoms with E-state index in [1.807, 2.05) is 0 Å². The average Bonchev–Trinajstić information content (AvgIpc) is 2.00. The predicted octanol–water partition coefficient (Wildman–Crippen LogP) is 2.75. The monoisotopic (exact) mass is 197 g/mol. The summed E-state index contributed by atoms with van der Waals surface area (Å²) in [5.41, 5.74) is 0.377. The van der Waals surface area contributed by atoms with Crippen molar-refractivity contribution >= 4 is 5.91 Å². The van der Waals surface area contributed by atoms with Crippen LogP contribution in [0.5, 0.6) is 0 Å². The van der Waals surface area contributed by atoms with Crippen LogP contribution >= 0.6 is 0 Å². The van der Waals surface area contributed by atoms with Crippen molar-refractivity contribution in [2.24, 2.45) is 11.3 Å². The topological polar surface area (TPSA) is 29.1 Å². The molecular weight excluding hydrogens is 174 g/mol. The zero-order chi connectivity index (χ0) is 11.2. The molecule has 0 bridgehead atoms. The second-order valence-corrected chi connectivity index (χ2v) is 5.15. The molecule has 0 rings (SSSR count). The molecule has 0 aromatic carbocycles. The van der Waals surface area contributed by atoms with Crippen LogP contribution in [0.3, 0.4) is 0 Å². The lowest BCUT2D eigenvalue weighted by molar-refractivity contribution is -0.116. The summed E-state index contributed by atoms with van der Waals surface area (Å²) in [6.07, 6.45) is 3.54. The number of nitrogens with one attached hydrogen (secondary N) is 1. The maximum absolute atomic E-state index is 10.8. The van der Waals surface area contributed by atoms with Crippen molar-refractivity contribution in [2.45, 2.75) is 40.5 Å². The summed E-state index contributed by atoms with van der Waals surface area (Å²) in [5.74, 6) is 0.577. The van der Waals surface area contributed by atoms with Gasteiger partial charge in [0.25, 0.3) is 0 Å². The minimum atomic E-state index is -0.0760. The Kier molecular flexibility index (Phi) is 5.51. The molecule has 1 atom stereocenters. The zero-order valence-corrected chi connectivity index (χ0v) is 9.89. The molecule has 0 spiro atoms. The quantitative estimate of drug-likeness (QED) is 0.675. The van der Waals surface area contributed by atoms with Crippen LogP contribution in [0.1, 0.15) is 40.5 Å². The number of carbonyl (C=O) groups excluding carboxylic acids is 1. The molecule has 2 heteroatoms. The van der Waals surface area contributed by atoms with Crippen molar-refractivity contribution in [2.75, 3.05) is 6.54 Å². The van der Waals surface area contributed by atoms with Crippen molar-refractivity contribution < 1.29 is 4.79 Å². The van der Waals surface area contributed by atoms with Gasteiger partial charge in [0.15, 0.2) is 0 Å². The number of hydrogen-bond acceptors (Lipinski definition) is 1. The van der Waals surface area contributed by atoms with Gasteiger partial charge in [0.05, 0.1) is 0 Å². The zero-order valence-electron chi connectivity index (χ0n) is 9.89. The first-order valence-corrected chi connectivity index (χ1v) is 5.25. The lowest BCUT2D eigenvalue weighted by Gasteiger charge is -2.23. The SMILES string of the molecule is C=CC(=O)NCCC(C)CC(C)(C)C. The average molecular weight is 197 g/mol. The fourth-order valence-corrected chi connectivity index (χ4v) is 1.66. The molecule has 0 aliphatic carbocycles. The van der Waals surface area contributed by atoms with E-state index in [4.69, 9.17) is 0 Å². The van der Waals surface area contributed by atoms with Crippen molar-refractivity contribution in [3.8, 4) is 0 Å². The highest BCUT2D eigenvalue weighted by atomic mass is 16.1. The maximum Gasteiger partial charge on any atom is 0.243 e. The minimum Gasteiger partial charge on any atom is -0.353 e. The highest BCUT2D eigenvalue weighted by Crippen LogP contribution is 2.25. The molecule has 0 radical (unpaired) electrons. The van der Waals surface area contributed by atoms with Crippen LogP contribution in [-0.2, 0) is 4.79 Å². The fourth-order valence-electron chi connectivity index (χ4n) is 1.66. The van der Waals surface area contributed by atoms with E-state index in [0.717, 1.165) is 13.0 Å². The summed E-state index contributed by atoms with van der Waals surface area (Å²) in [6.45, 7) is 13.1. The molecule has 0 aliphatic heterocycles. The van der Waals surface area contributed by atoms with Gasteiger partial charge >= 0.3 is 0 Å². The molecule has 0 saturated carbocycles. The molecule has 2 nitrogen and oxygen atoms in total. The van der Waals surface area contributed by atoms with Gasteiger partial charge in [-0.2, -0.15) is 0 Å². The summed E-state index contributed by atoms with van der Waals surface area (Å²) >= 11 is 0. The van der Waals surface area contributed by atoms with E-state index < -0.39 is 0 Å². The van der Waals surface area contributed by atoms with E-state index in [2.05, 4.69) is 39.6 Å². The smallest absolute Gasteiger partial charge is 0.243 e. The van der Waals surface area contributed by atoms with Gasteiger partial charge in [-0.05, 0) is 30.3 Å². The van der Waals surface area contributed by atoms with Gasteiger partial charge in [0.1, 0.15) is 0 Å². The second-order valence-electron chi connectivity index (χ2n) is 5.15. The molecule has 82 valence electrons. The lowest BCUT2D eigenvalue weighted by Crippen LogP contribution is -2.24. The highest BCUT2D eigenvalue weighted by Gasteiger charge is 2.14. The molecule has 0 aliphatic rings. The summed E-state index contributed by atoms with van der Waals surface area (Å²) in [5, 5.41) is 2.79. The first kappa shape index (κ1) is 13.2. The van der Waals surface area contributed by atoms with E-state index in [-0.39, 0.29) is 5.91 Å². The molecule has 0 fully saturated rings. The molecule has 1 amide bonds. The van der Waals surface area contributed by atoms with Gasteiger partial charge in [-0.1, -0.05) is 34.3 Å². The second kappa shape index (κ2) is 5.84. The van der Waals surface area contributed by atoms with E-state index in [1.165, 1.54) is 12.5 Å². The first-order chi connectivity index (χ1) is 6.35. The van der Waals surface area contributed by atoms with Crippen LogP contribution in [0.25, 0.3) is 0 Å². The largest absolute Gasteiger partial charge is 0.353 e. The Morgan fingerprint density at radius 3 is 2.50 bits per heavy atom. The molecule has 0 heterocycles. The van der Waals surface area contributed by atoms with E-state index >= 15 is 0 Å². The summed E-state index contributed by atoms with van der Waals surface area (Å²) in [4.78, 5) is 10.8. The normalized spacial score (nSPS) is 13.4. The van der Waals surface area contributed by atoms with Gasteiger partial charge in [-0.15, -0.1) is 0 Å². The standard InChI is InChI=1S/C12H23NO/c1-6-11(14)13-8-7-10(2)9-12(3,4)5/h6,10H,1,7-9H2,2-5H3,(H,13,14). The van der Waals surface area contributed by atoms with Gasteiger partial charge < -0.3 is 5.32 Å². The lowest BCUT2D eigenvalue weighted by atomic mass is 9.84. The Morgan fingerprint density at radius 2 is 2.07 bits per heavy atom. The summed E-state index contributed by atoms with van der Waals surface area (Å²) < 4.78 is 0. The van der Waals surface area contributed by atoms with E-state index in [0.29, 0.717) is 11.3 Å².